The first-order chi connectivity index (χ1) is 6.24. The van der Waals surface area contributed by atoms with Gasteiger partial charge in [-0.3, -0.25) is 0 Å². The molecule has 14 heavy (non-hydrogen) atoms. The van der Waals surface area contributed by atoms with Crippen molar-refractivity contribution >= 4 is 0 Å². The number of rotatable bonds is 4. The van der Waals surface area contributed by atoms with Gasteiger partial charge in [-0.15, -0.1) is 0 Å². The summed E-state index contributed by atoms with van der Waals surface area (Å²) < 4.78 is 1.28. The Morgan fingerprint density at radius 2 is 0.857 bits per heavy atom. The van der Waals surface area contributed by atoms with Crippen LogP contribution in [-0.2, 0) is 16.5 Å². The van der Waals surface area contributed by atoms with E-state index in [0.717, 1.165) is 0 Å². The second-order valence-electron chi connectivity index (χ2n) is 2.61. The van der Waals surface area contributed by atoms with Gasteiger partial charge in [-0.25, -0.2) is 0 Å². The van der Waals surface area contributed by atoms with E-state index in [0.29, 0.717) is 0 Å². The van der Waals surface area contributed by atoms with Gasteiger partial charge in [-0.05, 0) is 27.7 Å². The maximum atomic E-state index is 6.25. The Morgan fingerprint density at radius 3 is 0.857 bits per heavy atom. The van der Waals surface area contributed by atoms with E-state index >= 15 is 0 Å². The van der Waals surface area contributed by atoms with Crippen molar-refractivity contribution in [3.05, 3.63) is 13.1 Å². The van der Waals surface area contributed by atoms with Gasteiger partial charge < -0.3 is 28.2 Å². The molecule has 0 unspecified atom stereocenters. The standard InChI is InChI=1S/C8H20N.2CN.Ni/c1-5-9(6-2,7-3)8-4;2*1-2;/h5-8H2,1-4H3;;;/q+1;2*-1;+2. The first-order valence-electron chi connectivity index (χ1n) is 4.54. The summed E-state index contributed by atoms with van der Waals surface area (Å²) in [4.78, 5) is 0. The SMILES string of the molecule is CC[N+](CC)(CC)CC.[C-]#N.[C-]#N.[Ni+2]. The van der Waals surface area contributed by atoms with E-state index in [-0.39, 0.29) is 16.5 Å². The van der Waals surface area contributed by atoms with Crippen molar-refractivity contribution in [2.75, 3.05) is 26.2 Å². The molecule has 0 amide bonds. The predicted octanol–water partition coefficient (Wildman–Crippen LogP) is 2.07. The normalized spacial score (nSPS) is 8.00. The third kappa shape index (κ3) is 9.52. The Hall–Kier alpha value is -0.566. The molecular formula is C10H20N3Ni+. The third-order valence-electron chi connectivity index (χ3n) is 2.68. The largest absolute Gasteiger partial charge is 2.00 e. The Morgan fingerprint density at radius 1 is 0.714 bits per heavy atom. The maximum absolute atomic E-state index is 6.25. The van der Waals surface area contributed by atoms with Gasteiger partial charge in [-0.1, -0.05) is 0 Å². The van der Waals surface area contributed by atoms with Crippen molar-refractivity contribution in [1.82, 2.24) is 0 Å². The molecule has 0 radical (unpaired) electrons. The van der Waals surface area contributed by atoms with Gasteiger partial charge in [0, 0.05) is 0 Å². The quantitative estimate of drug-likeness (QED) is 0.429. The average molecular weight is 241 g/mol. The summed E-state index contributed by atoms with van der Waals surface area (Å²) in [5.41, 5.74) is 0. The van der Waals surface area contributed by atoms with Crippen LogP contribution in [0.25, 0.3) is 0 Å². The molecule has 3 nitrogen and oxygen atoms in total. The van der Waals surface area contributed by atoms with E-state index in [1.807, 2.05) is 0 Å². The van der Waals surface area contributed by atoms with Crippen LogP contribution >= 0.6 is 0 Å². The van der Waals surface area contributed by atoms with Crippen molar-refractivity contribution in [2.45, 2.75) is 27.7 Å². The van der Waals surface area contributed by atoms with E-state index in [1.54, 1.807) is 0 Å². The van der Waals surface area contributed by atoms with Crippen molar-refractivity contribution in [1.29, 1.82) is 10.5 Å². The summed E-state index contributed by atoms with van der Waals surface area (Å²) in [6.45, 7) is 23.7. The van der Waals surface area contributed by atoms with Crippen LogP contribution in [0.4, 0.5) is 0 Å². The molecule has 0 heterocycles. The van der Waals surface area contributed by atoms with E-state index in [2.05, 4.69) is 27.7 Å². The molecule has 84 valence electrons. The smallest absolute Gasteiger partial charge is 0.512 e. The third-order valence-corrected chi connectivity index (χ3v) is 2.68. The zero-order valence-electron chi connectivity index (χ0n) is 9.49. The van der Waals surface area contributed by atoms with Crippen LogP contribution in [0.15, 0.2) is 0 Å². The molecule has 0 aromatic rings. The molecule has 0 aliphatic carbocycles. The molecule has 4 heteroatoms. The second-order valence-corrected chi connectivity index (χ2v) is 2.61. The Balaban J connectivity index is -0.0000000883. The fourth-order valence-electron chi connectivity index (χ4n) is 1.34. The summed E-state index contributed by atoms with van der Waals surface area (Å²) in [6.07, 6.45) is 0. The predicted molar refractivity (Wildman–Crippen MR) is 52.4 cm³/mol. The zero-order chi connectivity index (χ0) is 11.3. The molecule has 0 spiro atoms. The Kier molecular flexibility index (Phi) is 30.4. The maximum Gasteiger partial charge on any atom is 2.00 e. The van der Waals surface area contributed by atoms with Crippen LogP contribution in [0.2, 0.25) is 0 Å². The Labute approximate surface area is 98.8 Å². The number of quaternary nitrogens is 1. The molecule has 0 aromatic heterocycles. The molecule has 0 atom stereocenters. The van der Waals surface area contributed by atoms with Gasteiger partial charge in [-0.2, -0.15) is 0 Å². The van der Waals surface area contributed by atoms with Gasteiger partial charge in [0.05, 0.1) is 26.2 Å². The van der Waals surface area contributed by atoms with Crippen molar-refractivity contribution in [3.63, 3.8) is 0 Å². The molecule has 0 saturated carbocycles. The van der Waals surface area contributed by atoms with Gasteiger partial charge in [0.2, 0.25) is 0 Å². The summed E-state index contributed by atoms with van der Waals surface area (Å²) >= 11 is 0. The van der Waals surface area contributed by atoms with E-state index in [1.165, 1.54) is 30.7 Å². The van der Waals surface area contributed by atoms with Gasteiger partial charge in [0.1, 0.15) is 0 Å². The van der Waals surface area contributed by atoms with Crippen LogP contribution in [-0.4, -0.2) is 30.7 Å². The van der Waals surface area contributed by atoms with Crippen molar-refractivity contribution in [2.24, 2.45) is 0 Å². The van der Waals surface area contributed by atoms with Crippen molar-refractivity contribution in [3.8, 4) is 0 Å². The van der Waals surface area contributed by atoms with Crippen LogP contribution < -0.4 is 0 Å². The summed E-state index contributed by atoms with van der Waals surface area (Å²) in [5, 5.41) is 12.5. The monoisotopic (exact) mass is 240 g/mol. The van der Waals surface area contributed by atoms with Gasteiger partial charge in [0.15, 0.2) is 0 Å². The van der Waals surface area contributed by atoms with Crippen LogP contribution in [0.3, 0.4) is 0 Å². The molecule has 0 aliphatic rings. The van der Waals surface area contributed by atoms with Gasteiger partial charge in [0.25, 0.3) is 0 Å². The number of nitrogens with zero attached hydrogens (tertiary/aromatic N) is 3. The van der Waals surface area contributed by atoms with Crippen LogP contribution in [0, 0.1) is 23.7 Å². The topological polar surface area (TPSA) is 47.6 Å². The molecule has 0 aromatic carbocycles. The molecule has 0 rings (SSSR count). The molecular weight excluding hydrogens is 221 g/mol. The molecule has 0 bridgehead atoms. The molecule has 0 N–H and O–H groups in total. The minimum Gasteiger partial charge on any atom is -0.512 e. The summed E-state index contributed by atoms with van der Waals surface area (Å²) in [5.74, 6) is 0. The first-order valence-corrected chi connectivity index (χ1v) is 4.54. The van der Waals surface area contributed by atoms with E-state index in [9.17, 15) is 0 Å². The number of hydrogen-bond donors (Lipinski definition) is 0. The molecule has 0 saturated heterocycles. The van der Waals surface area contributed by atoms with Crippen LogP contribution in [0.1, 0.15) is 27.7 Å². The average Bonchev–Trinajstić information content (AvgIpc) is 2.28. The minimum atomic E-state index is 0. The first kappa shape index (κ1) is 23.3. The van der Waals surface area contributed by atoms with Crippen molar-refractivity contribution < 1.29 is 21.0 Å². The second kappa shape index (κ2) is 18.3. The Bertz CT molecular complexity index is 104. The van der Waals surface area contributed by atoms with Gasteiger partial charge >= 0.3 is 16.5 Å². The number of hydrogen-bond acceptors (Lipinski definition) is 2. The zero-order valence-corrected chi connectivity index (χ0v) is 10.5. The van der Waals surface area contributed by atoms with E-state index in [4.69, 9.17) is 23.7 Å². The molecule has 0 fully saturated rings. The minimum absolute atomic E-state index is 0. The summed E-state index contributed by atoms with van der Waals surface area (Å²) in [6, 6.07) is 0. The van der Waals surface area contributed by atoms with Crippen LogP contribution in [0.5, 0.6) is 0 Å². The molecule has 0 aliphatic heterocycles. The fraction of sp³-hybridized carbons (Fsp3) is 0.800. The van der Waals surface area contributed by atoms with E-state index < -0.39 is 0 Å². The fourth-order valence-corrected chi connectivity index (χ4v) is 1.34. The summed E-state index contributed by atoms with van der Waals surface area (Å²) in [7, 11) is 0.